The van der Waals surface area contributed by atoms with Crippen LogP contribution in [0.4, 0.5) is 19.1 Å². The maximum Gasteiger partial charge on any atom is 0.401 e. The summed E-state index contributed by atoms with van der Waals surface area (Å²) in [7, 11) is 0. The number of alkyl halides is 3. The fourth-order valence-electron chi connectivity index (χ4n) is 1.89. The van der Waals surface area contributed by atoms with Crippen LogP contribution in [-0.2, 0) is 13.0 Å². The van der Waals surface area contributed by atoms with E-state index in [1.165, 1.54) is 4.90 Å². The Morgan fingerprint density at radius 3 is 2.82 bits per heavy atom. The van der Waals surface area contributed by atoms with Crippen LogP contribution in [0.25, 0.3) is 0 Å². The molecule has 0 radical (unpaired) electrons. The van der Waals surface area contributed by atoms with Crippen molar-refractivity contribution < 1.29 is 13.2 Å². The summed E-state index contributed by atoms with van der Waals surface area (Å²) in [4.78, 5) is 18.9. The average Bonchev–Trinajstić information content (AvgIpc) is 2.16. The highest BCUT2D eigenvalue weighted by molar-refractivity contribution is 5.27. The van der Waals surface area contributed by atoms with E-state index in [9.17, 15) is 18.0 Å². The minimum Gasteiger partial charge on any atom is -0.369 e. The summed E-state index contributed by atoms with van der Waals surface area (Å²) in [6.07, 6.45) is -3.95. The highest BCUT2D eigenvalue weighted by Gasteiger charge is 2.33. The zero-order valence-corrected chi connectivity index (χ0v) is 8.84. The van der Waals surface area contributed by atoms with E-state index in [1.54, 1.807) is 0 Å². The number of halogens is 3. The molecule has 0 aliphatic carbocycles. The van der Waals surface area contributed by atoms with Crippen LogP contribution in [-0.4, -0.2) is 34.1 Å². The van der Waals surface area contributed by atoms with E-state index in [1.807, 2.05) is 0 Å². The molecule has 1 aromatic heterocycles. The van der Waals surface area contributed by atoms with Crippen molar-refractivity contribution in [3.05, 3.63) is 21.6 Å². The Kier molecular flexibility index (Phi) is 2.82. The minimum atomic E-state index is -4.26. The third-order valence-corrected chi connectivity index (χ3v) is 2.57. The van der Waals surface area contributed by atoms with Crippen molar-refractivity contribution in [2.24, 2.45) is 0 Å². The van der Waals surface area contributed by atoms with Crippen molar-refractivity contribution in [3.63, 3.8) is 0 Å². The van der Waals surface area contributed by atoms with E-state index in [-0.39, 0.29) is 24.6 Å². The smallest absolute Gasteiger partial charge is 0.369 e. The predicted octanol–water partition coefficient (Wildman–Crippen LogP) is 0.272. The normalized spacial score (nSPS) is 16.9. The number of nitrogen functional groups attached to an aromatic ring is 1. The number of aromatic nitrogens is 2. The third-order valence-electron chi connectivity index (χ3n) is 2.57. The number of nitrogens with two attached hydrogens (primary N) is 1. The van der Waals surface area contributed by atoms with Gasteiger partial charge in [-0.3, -0.25) is 14.7 Å². The van der Waals surface area contributed by atoms with Gasteiger partial charge in [-0.2, -0.15) is 13.2 Å². The first kappa shape index (κ1) is 11.9. The fraction of sp³-hybridized carbons (Fsp3) is 0.556. The topological polar surface area (TPSA) is 75.0 Å². The van der Waals surface area contributed by atoms with Crippen LogP contribution < -0.4 is 11.3 Å². The molecule has 0 aromatic carbocycles. The molecular weight excluding hydrogens is 237 g/mol. The summed E-state index contributed by atoms with van der Waals surface area (Å²) in [5.74, 6) is -0.00183. The van der Waals surface area contributed by atoms with Gasteiger partial charge in [-0.15, -0.1) is 0 Å². The van der Waals surface area contributed by atoms with E-state index in [0.29, 0.717) is 12.1 Å². The molecule has 0 saturated heterocycles. The number of rotatable bonds is 1. The molecule has 0 spiro atoms. The molecule has 8 heteroatoms. The van der Waals surface area contributed by atoms with Gasteiger partial charge in [0.2, 0.25) is 5.95 Å². The number of hydrogen-bond acceptors (Lipinski definition) is 4. The van der Waals surface area contributed by atoms with Gasteiger partial charge in [-0.1, -0.05) is 0 Å². The standard InChI is InChI=1S/C9H11F3N4O/c10-9(11,12)4-16-2-1-6-5(3-16)7(17)15-8(13)14-6/h1-4H2,(H3,13,14,15,17). The lowest BCUT2D eigenvalue weighted by Crippen LogP contribution is -2.40. The summed E-state index contributed by atoms with van der Waals surface area (Å²) in [5, 5.41) is 0. The van der Waals surface area contributed by atoms with Gasteiger partial charge in [0.1, 0.15) is 0 Å². The van der Waals surface area contributed by atoms with Crippen LogP contribution in [0.3, 0.4) is 0 Å². The van der Waals surface area contributed by atoms with E-state index >= 15 is 0 Å². The van der Waals surface area contributed by atoms with Crippen LogP contribution in [0.5, 0.6) is 0 Å². The second-order valence-corrected chi connectivity index (χ2v) is 3.95. The highest BCUT2D eigenvalue weighted by Crippen LogP contribution is 2.21. The number of aromatic amines is 1. The molecule has 0 fully saturated rings. The van der Waals surface area contributed by atoms with Gasteiger partial charge in [-0.25, -0.2) is 4.98 Å². The summed E-state index contributed by atoms with van der Waals surface area (Å²) < 4.78 is 36.7. The zero-order valence-electron chi connectivity index (χ0n) is 8.84. The molecule has 3 N–H and O–H groups in total. The summed E-state index contributed by atoms with van der Waals surface area (Å²) in [6, 6.07) is 0. The molecule has 0 atom stereocenters. The number of fused-ring (bicyclic) bond motifs is 1. The van der Waals surface area contributed by atoms with Crippen molar-refractivity contribution in [2.75, 3.05) is 18.8 Å². The number of nitrogens with zero attached hydrogens (tertiary/aromatic N) is 2. The van der Waals surface area contributed by atoms with Gasteiger partial charge in [-0.05, 0) is 0 Å². The maximum atomic E-state index is 12.2. The van der Waals surface area contributed by atoms with Crippen LogP contribution in [0.1, 0.15) is 11.3 Å². The average molecular weight is 248 g/mol. The van der Waals surface area contributed by atoms with Gasteiger partial charge in [0, 0.05) is 19.5 Å². The second-order valence-electron chi connectivity index (χ2n) is 3.95. The van der Waals surface area contributed by atoms with Crippen LogP contribution in [0.15, 0.2) is 4.79 Å². The molecule has 1 aliphatic heterocycles. The SMILES string of the molecule is Nc1nc2c(c(=O)[nH]1)CN(CC(F)(F)F)CC2. The van der Waals surface area contributed by atoms with E-state index in [4.69, 9.17) is 5.73 Å². The Hall–Kier alpha value is -1.57. The molecule has 1 aliphatic rings. The van der Waals surface area contributed by atoms with Gasteiger partial charge >= 0.3 is 6.18 Å². The Balaban J connectivity index is 2.22. The molecule has 17 heavy (non-hydrogen) atoms. The number of anilines is 1. The van der Waals surface area contributed by atoms with E-state index in [0.717, 1.165) is 0 Å². The largest absolute Gasteiger partial charge is 0.401 e. The molecule has 1 aromatic rings. The minimum absolute atomic E-state index is 0.00183. The van der Waals surface area contributed by atoms with E-state index < -0.39 is 18.3 Å². The number of nitrogens with one attached hydrogen (secondary N) is 1. The summed E-state index contributed by atoms with van der Waals surface area (Å²) in [5.41, 5.74) is 5.66. The van der Waals surface area contributed by atoms with Crippen LogP contribution >= 0.6 is 0 Å². The quantitative estimate of drug-likeness (QED) is 0.748. The Morgan fingerprint density at radius 1 is 1.47 bits per heavy atom. The first-order valence-corrected chi connectivity index (χ1v) is 5.02. The monoisotopic (exact) mass is 248 g/mol. The number of hydrogen-bond donors (Lipinski definition) is 2. The first-order valence-electron chi connectivity index (χ1n) is 5.02. The Labute approximate surface area is 94.4 Å². The highest BCUT2D eigenvalue weighted by atomic mass is 19.4. The van der Waals surface area contributed by atoms with Gasteiger partial charge in [0.25, 0.3) is 5.56 Å². The molecular formula is C9H11F3N4O. The lowest BCUT2D eigenvalue weighted by atomic mass is 10.1. The van der Waals surface area contributed by atoms with Gasteiger partial charge < -0.3 is 5.73 Å². The van der Waals surface area contributed by atoms with Gasteiger partial charge in [0.05, 0.1) is 17.8 Å². The molecule has 2 rings (SSSR count). The third kappa shape index (κ3) is 2.76. The Bertz CT molecular complexity index is 482. The van der Waals surface area contributed by atoms with Crippen molar-refractivity contribution >= 4 is 5.95 Å². The molecule has 0 unspecified atom stereocenters. The fourth-order valence-corrected chi connectivity index (χ4v) is 1.89. The Morgan fingerprint density at radius 2 is 2.18 bits per heavy atom. The van der Waals surface area contributed by atoms with Crippen molar-refractivity contribution in [3.8, 4) is 0 Å². The summed E-state index contributed by atoms with van der Waals surface area (Å²) >= 11 is 0. The molecule has 0 amide bonds. The van der Waals surface area contributed by atoms with Crippen LogP contribution in [0.2, 0.25) is 0 Å². The molecule has 0 bridgehead atoms. The molecule has 5 nitrogen and oxygen atoms in total. The summed E-state index contributed by atoms with van der Waals surface area (Å²) in [6.45, 7) is -0.837. The zero-order chi connectivity index (χ0) is 12.6. The lowest BCUT2D eigenvalue weighted by Gasteiger charge is -2.28. The lowest BCUT2D eigenvalue weighted by molar-refractivity contribution is -0.147. The maximum absolute atomic E-state index is 12.2. The van der Waals surface area contributed by atoms with Crippen molar-refractivity contribution in [1.29, 1.82) is 0 Å². The molecule has 2 heterocycles. The molecule has 94 valence electrons. The number of H-pyrrole nitrogens is 1. The molecule has 0 saturated carbocycles. The second kappa shape index (κ2) is 4.02. The van der Waals surface area contributed by atoms with E-state index in [2.05, 4.69) is 9.97 Å². The van der Waals surface area contributed by atoms with Crippen molar-refractivity contribution in [1.82, 2.24) is 14.9 Å². The predicted molar refractivity (Wildman–Crippen MR) is 54.3 cm³/mol. The van der Waals surface area contributed by atoms with Crippen molar-refractivity contribution in [2.45, 2.75) is 19.1 Å². The van der Waals surface area contributed by atoms with Crippen LogP contribution in [0, 0.1) is 0 Å². The van der Waals surface area contributed by atoms with Gasteiger partial charge in [0.15, 0.2) is 0 Å². The first-order chi connectivity index (χ1) is 7.85.